The number of pyridine rings is 1. The highest BCUT2D eigenvalue weighted by Gasteiger charge is 2.59. The number of nitrogens with zero attached hydrogens (tertiary/aromatic N) is 2. The summed E-state index contributed by atoms with van der Waals surface area (Å²) in [5.74, 6) is 0.394. The van der Waals surface area contributed by atoms with Gasteiger partial charge in [-0.05, 0) is 79.1 Å². The minimum atomic E-state index is -0.717. The van der Waals surface area contributed by atoms with Crippen LogP contribution in [0.25, 0.3) is 11.1 Å². The van der Waals surface area contributed by atoms with Crippen molar-refractivity contribution in [1.29, 1.82) is 0 Å². The molecule has 8 heteroatoms. The van der Waals surface area contributed by atoms with Gasteiger partial charge < -0.3 is 19.5 Å². The van der Waals surface area contributed by atoms with Crippen molar-refractivity contribution < 1.29 is 28.6 Å². The number of ether oxygens (including phenoxy) is 2. The Kier molecular flexibility index (Phi) is 6.71. The maximum absolute atomic E-state index is 14.7. The van der Waals surface area contributed by atoms with Crippen molar-refractivity contribution in [3.05, 3.63) is 76.7 Å². The Morgan fingerprint density at radius 2 is 2.03 bits per heavy atom. The first kappa shape index (κ1) is 25.3. The Hall–Kier alpha value is -3.94. The van der Waals surface area contributed by atoms with E-state index in [1.165, 1.54) is 6.07 Å². The number of aryl methyl sites for hydroxylation is 1. The Balaban J connectivity index is 1.07. The monoisotopic (exact) mass is 530 g/mol. The second-order valence-corrected chi connectivity index (χ2v) is 10.7. The summed E-state index contributed by atoms with van der Waals surface area (Å²) in [5.41, 5.74) is 5.17. The Bertz CT molecular complexity index is 1440. The molecule has 0 radical (unpaired) electrons. The van der Waals surface area contributed by atoms with Crippen LogP contribution in [0.2, 0.25) is 0 Å². The van der Waals surface area contributed by atoms with Crippen LogP contribution < -0.4 is 9.47 Å². The highest BCUT2D eigenvalue weighted by Crippen LogP contribution is 2.61. The lowest BCUT2D eigenvalue weighted by atomic mass is 10.0. The van der Waals surface area contributed by atoms with Gasteiger partial charge in [0, 0.05) is 48.3 Å². The standard InChI is InChI=1S/C31H31FN2O5/c1-18-23(8-10-27(33-18)38-13-3-12-34-11-2-4-28(34)35)19-5-9-26(32)21(14-19)17-39-22-6-7-24-20(15-22)16-25-29(24)30(25)31(36)37/h5-10,14-15,25,29-30H,2-4,11-13,16-17H2,1H3,(H,36,37)/t25-,29+,30+/m1/s1. The summed E-state index contributed by atoms with van der Waals surface area (Å²) < 4.78 is 26.4. The molecule has 0 bridgehead atoms. The average Bonchev–Trinajstić information content (AvgIpc) is 3.28. The average molecular weight is 531 g/mol. The van der Waals surface area contributed by atoms with Crippen LogP contribution in [0.1, 0.15) is 47.6 Å². The Morgan fingerprint density at radius 1 is 1.15 bits per heavy atom. The molecule has 1 aliphatic heterocycles. The highest BCUT2D eigenvalue weighted by molar-refractivity contribution is 5.78. The van der Waals surface area contributed by atoms with Gasteiger partial charge in [0.1, 0.15) is 18.2 Å². The summed E-state index contributed by atoms with van der Waals surface area (Å²) in [7, 11) is 0. The second kappa shape index (κ2) is 10.3. The van der Waals surface area contributed by atoms with E-state index in [0.717, 1.165) is 53.8 Å². The van der Waals surface area contributed by atoms with E-state index in [9.17, 15) is 19.1 Å². The van der Waals surface area contributed by atoms with Crippen LogP contribution in [0.4, 0.5) is 4.39 Å². The number of aromatic nitrogens is 1. The van der Waals surface area contributed by atoms with Gasteiger partial charge in [0.2, 0.25) is 11.8 Å². The summed E-state index contributed by atoms with van der Waals surface area (Å²) >= 11 is 0. The molecule has 1 saturated heterocycles. The van der Waals surface area contributed by atoms with E-state index >= 15 is 0 Å². The molecule has 3 atom stereocenters. The number of carbonyl (C=O) groups excluding carboxylic acids is 1. The molecule has 202 valence electrons. The minimum absolute atomic E-state index is 0.0796. The highest BCUT2D eigenvalue weighted by atomic mass is 19.1. The molecule has 1 aromatic heterocycles. The molecule has 1 N–H and O–H groups in total. The third kappa shape index (κ3) is 5.07. The summed E-state index contributed by atoms with van der Waals surface area (Å²) in [6.45, 7) is 4.00. The van der Waals surface area contributed by atoms with Gasteiger partial charge in [0.25, 0.3) is 0 Å². The lowest BCUT2D eigenvalue weighted by molar-refractivity contribution is -0.139. The minimum Gasteiger partial charge on any atom is -0.489 e. The van der Waals surface area contributed by atoms with Crippen LogP contribution in [0.3, 0.4) is 0 Å². The summed E-state index contributed by atoms with van der Waals surface area (Å²) in [5, 5.41) is 9.31. The molecular weight excluding hydrogens is 499 g/mol. The van der Waals surface area contributed by atoms with Crippen LogP contribution in [-0.4, -0.2) is 46.6 Å². The quantitative estimate of drug-likeness (QED) is 0.366. The van der Waals surface area contributed by atoms with E-state index in [4.69, 9.17) is 9.47 Å². The largest absolute Gasteiger partial charge is 0.489 e. The van der Waals surface area contributed by atoms with Gasteiger partial charge in [0.05, 0.1) is 12.5 Å². The van der Waals surface area contributed by atoms with Gasteiger partial charge in [-0.15, -0.1) is 0 Å². The van der Waals surface area contributed by atoms with E-state index in [2.05, 4.69) is 4.98 Å². The number of hydrogen-bond acceptors (Lipinski definition) is 5. The molecule has 2 aliphatic carbocycles. The van der Waals surface area contributed by atoms with Gasteiger partial charge in [-0.1, -0.05) is 12.1 Å². The van der Waals surface area contributed by atoms with Crippen molar-refractivity contribution in [2.45, 2.75) is 45.1 Å². The fourth-order valence-corrected chi connectivity index (χ4v) is 6.13. The fraction of sp³-hybridized carbons (Fsp3) is 0.387. The van der Waals surface area contributed by atoms with Gasteiger partial charge in [-0.2, -0.15) is 0 Å². The fourth-order valence-electron chi connectivity index (χ4n) is 6.13. The van der Waals surface area contributed by atoms with Crippen LogP contribution >= 0.6 is 0 Å². The van der Waals surface area contributed by atoms with Crippen molar-refractivity contribution in [2.24, 2.45) is 11.8 Å². The van der Waals surface area contributed by atoms with Crippen LogP contribution in [0.15, 0.2) is 48.5 Å². The number of benzene rings is 2. The lowest BCUT2D eigenvalue weighted by Gasteiger charge is -2.15. The van der Waals surface area contributed by atoms with Crippen LogP contribution in [0, 0.1) is 24.6 Å². The molecule has 2 heterocycles. The van der Waals surface area contributed by atoms with E-state index in [1.54, 1.807) is 12.1 Å². The normalized spacial score (nSPS) is 21.0. The van der Waals surface area contributed by atoms with Gasteiger partial charge in [-0.3, -0.25) is 9.59 Å². The first-order chi connectivity index (χ1) is 18.9. The van der Waals surface area contributed by atoms with Crippen molar-refractivity contribution in [3.8, 4) is 22.8 Å². The van der Waals surface area contributed by atoms with Crippen molar-refractivity contribution in [2.75, 3.05) is 19.7 Å². The van der Waals surface area contributed by atoms with Crippen molar-refractivity contribution in [1.82, 2.24) is 9.88 Å². The second-order valence-electron chi connectivity index (χ2n) is 10.7. The van der Waals surface area contributed by atoms with E-state index in [0.29, 0.717) is 36.8 Å². The first-order valence-corrected chi connectivity index (χ1v) is 13.5. The number of carboxylic acids is 1. The van der Waals surface area contributed by atoms with Gasteiger partial charge in [0.15, 0.2) is 0 Å². The number of carboxylic acid groups (broad SMARTS) is 1. The molecule has 39 heavy (non-hydrogen) atoms. The zero-order valence-corrected chi connectivity index (χ0v) is 21.9. The van der Waals surface area contributed by atoms with Crippen LogP contribution in [-0.2, 0) is 22.6 Å². The Morgan fingerprint density at radius 3 is 2.79 bits per heavy atom. The Labute approximate surface area is 226 Å². The summed E-state index contributed by atoms with van der Waals surface area (Å²) in [6, 6.07) is 14.5. The zero-order chi connectivity index (χ0) is 27.1. The number of amides is 1. The zero-order valence-electron chi connectivity index (χ0n) is 21.9. The third-order valence-electron chi connectivity index (χ3n) is 8.19. The van der Waals surface area contributed by atoms with Crippen LogP contribution in [0.5, 0.6) is 11.6 Å². The maximum Gasteiger partial charge on any atom is 0.307 e. The number of fused-ring (bicyclic) bond motifs is 3. The van der Waals surface area contributed by atoms with Crippen molar-refractivity contribution >= 4 is 11.9 Å². The topological polar surface area (TPSA) is 89.0 Å². The van der Waals surface area contributed by atoms with E-state index < -0.39 is 5.97 Å². The molecule has 2 aromatic carbocycles. The number of rotatable bonds is 10. The third-order valence-corrected chi connectivity index (χ3v) is 8.19. The predicted molar refractivity (Wildman–Crippen MR) is 142 cm³/mol. The first-order valence-electron chi connectivity index (χ1n) is 13.5. The molecule has 3 aliphatic rings. The lowest BCUT2D eigenvalue weighted by Crippen LogP contribution is -2.26. The number of hydrogen-bond donors (Lipinski definition) is 1. The molecule has 6 rings (SSSR count). The molecular formula is C31H31FN2O5. The molecule has 0 unspecified atom stereocenters. The molecule has 0 spiro atoms. The molecule has 3 aromatic rings. The van der Waals surface area contributed by atoms with E-state index in [-0.39, 0.29) is 36.1 Å². The van der Waals surface area contributed by atoms with Crippen molar-refractivity contribution in [3.63, 3.8) is 0 Å². The molecule has 1 saturated carbocycles. The molecule has 2 fully saturated rings. The number of carbonyl (C=O) groups is 2. The molecule has 1 amide bonds. The van der Waals surface area contributed by atoms with E-state index in [1.807, 2.05) is 42.2 Å². The van der Waals surface area contributed by atoms with Gasteiger partial charge >= 0.3 is 5.97 Å². The smallest absolute Gasteiger partial charge is 0.307 e. The number of halogens is 1. The predicted octanol–water partition coefficient (Wildman–Crippen LogP) is 5.14. The summed E-state index contributed by atoms with van der Waals surface area (Å²) in [6.07, 6.45) is 3.09. The molecule has 7 nitrogen and oxygen atoms in total. The SMILES string of the molecule is Cc1nc(OCCCN2CCCC2=O)ccc1-c1ccc(F)c(COc2ccc3c(c2)C[C@H]2[C@H](C(=O)O)[C@@H]32)c1. The van der Waals surface area contributed by atoms with Gasteiger partial charge in [-0.25, -0.2) is 9.37 Å². The maximum atomic E-state index is 14.7. The number of aliphatic carboxylic acids is 1. The number of likely N-dealkylation sites (tertiary alicyclic amines) is 1. The summed E-state index contributed by atoms with van der Waals surface area (Å²) in [4.78, 5) is 29.5.